The van der Waals surface area contributed by atoms with Crippen LogP contribution in [0.3, 0.4) is 0 Å². The van der Waals surface area contributed by atoms with Crippen molar-refractivity contribution in [3.8, 4) is 0 Å². The van der Waals surface area contributed by atoms with Gasteiger partial charge in [0.2, 0.25) is 0 Å². The summed E-state index contributed by atoms with van der Waals surface area (Å²) < 4.78 is 13.8. The summed E-state index contributed by atoms with van der Waals surface area (Å²) in [5, 5.41) is 2.12. The maximum absolute atomic E-state index is 13.8. The van der Waals surface area contributed by atoms with Crippen molar-refractivity contribution in [3.63, 3.8) is 0 Å². The van der Waals surface area contributed by atoms with Gasteiger partial charge in [0.05, 0.1) is 0 Å². The monoisotopic (exact) mass is 202 g/mol. The highest BCUT2D eigenvalue weighted by atomic mass is 19.1. The van der Waals surface area contributed by atoms with Crippen LogP contribution in [-0.2, 0) is 5.41 Å². The fourth-order valence-electron chi connectivity index (χ4n) is 2.01. The highest BCUT2D eigenvalue weighted by Gasteiger charge is 2.20. The van der Waals surface area contributed by atoms with Gasteiger partial charge in [-0.2, -0.15) is 0 Å². The zero-order valence-electron chi connectivity index (χ0n) is 9.34. The molecule has 0 spiro atoms. The second-order valence-corrected chi connectivity index (χ2v) is 4.89. The van der Waals surface area contributed by atoms with Crippen LogP contribution < -0.4 is 0 Å². The summed E-state index contributed by atoms with van der Waals surface area (Å²) >= 11 is 0. The molecule has 0 fully saturated rings. The first kappa shape index (κ1) is 10.2. The van der Waals surface area contributed by atoms with Gasteiger partial charge in [0.15, 0.2) is 0 Å². The number of rotatable bonds is 0. The van der Waals surface area contributed by atoms with Crippen LogP contribution in [0.4, 0.5) is 4.39 Å². The molecule has 0 aliphatic carbocycles. The van der Waals surface area contributed by atoms with Crippen molar-refractivity contribution in [2.75, 3.05) is 0 Å². The smallest absolute Gasteiger partial charge is 0.127 e. The summed E-state index contributed by atoms with van der Waals surface area (Å²) in [6.45, 7) is 6.12. The lowest BCUT2D eigenvalue weighted by molar-refractivity contribution is 0.528. The summed E-state index contributed by atoms with van der Waals surface area (Å²) in [6.07, 6.45) is 0. The van der Waals surface area contributed by atoms with E-state index in [0.717, 1.165) is 16.3 Å². The number of halogens is 1. The van der Waals surface area contributed by atoms with Crippen molar-refractivity contribution in [2.24, 2.45) is 0 Å². The number of fused-ring (bicyclic) bond motifs is 1. The molecular weight excluding hydrogens is 187 g/mol. The molecule has 78 valence electrons. The minimum Gasteiger partial charge on any atom is -0.207 e. The molecule has 0 radical (unpaired) electrons. The zero-order valence-corrected chi connectivity index (χ0v) is 9.34. The lowest BCUT2D eigenvalue weighted by Crippen LogP contribution is -2.14. The second-order valence-electron chi connectivity index (χ2n) is 4.89. The summed E-state index contributed by atoms with van der Waals surface area (Å²) in [4.78, 5) is 0. The van der Waals surface area contributed by atoms with Crippen molar-refractivity contribution < 1.29 is 4.39 Å². The third-order valence-corrected chi connectivity index (χ3v) is 2.63. The minimum absolute atomic E-state index is 0.110. The highest BCUT2D eigenvalue weighted by molar-refractivity contribution is 5.86. The Kier molecular flexibility index (Phi) is 2.26. The number of hydrogen-bond acceptors (Lipinski definition) is 0. The van der Waals surface area contributed by atoms with E-state index in [0.29, 0.717) is 0 Å². The zero-order chi connectivity index (χ0) is 11.1. The maximum atomic E-state index is 13.8. The largest absolute Gasteiger partial charge is 0.207 e. The molecule has 0 aliphatic heterocycles. The van der Waals surface area contributed by atoms with Gasteiger partial charge in [0.25, 0.3) is 0 Å². The topological polar surface area (TPSA) is 0 Å². The van der Waals surface area contributed by atoms with Gasteiger partial charge in [-0.05, 0) is 22.3 Å². The van der Waals surface area contributed by atoms with Gasteiger partial charge in [-0.3, -0.25) is 0 Å². The normalized spacial score (nSPS) is 12.0. The van der Waals surface area contributed by atoms with Gasteiger partial charge in [-0.1, -0.05) is 51.1 Å². The lowest BCUT2D eigenvalue weighted by Gasteiger charge is -2.22. The predicted octanol–water partition coefficient (Wildman–Crippen LogP) is 4.28. The summed E-state index contributed by atoms with van der Waals surface area (Å²) in [5.41, 5.74) is 0.644. The number of hydrogen-bond donors (Lipinski definition) is 0. The Labute approximate surface area is 89.7 Å². The second kappa shape index (κ2) is 3.34. The van der Waals surface area contributed by atoms with Gasteiger partial charge in [-0.25, -0.2) is 4.39 Å². The molecule has 2 aromatic rings. The quantitative estimate of drug-likeness (QED) is 0.598. The molecule has 0 amide bonds. The molecule has 0 saturated carbocycles. The molecule has 0 atom stereocenters. The van der Waals surface area contributed by atoms with Gasteiger partial charge in [0, 0.05) is 5.56 Å². The predicted molar refractivity (Wildman–Crippen MR) is 62.6 cm³/mol. The van der Waals surface area contributed by atoms with E-state index in [2.05, 4.69) is 0 Å². The molecule has 0 aliphatic rings. The van der Waals surface area contributed by atoms with Gasteiger partial charge < -0.3 is 0 Å². The Balaban J connectivity index is 2.86. The molecule has 15 heavy (non-hydrogen) atoms. The van der Waals surface area contributed by atoms with Crippen LogP contribution in [0.2, 0.25) is 0 Å². The third kappa shape index (κ3) is 1.74. The summed E-state index contributed by atoms with van der Waals surface area (Å²) in [6, 6.07) is 11.3. The van der Waals surface area contributed by atoms with Gasteiger partial charge in [-0.15, -0.1) is 0 Å². The Morgan fingerprint density at radius 1 is 0.933 bits per heavy atom. The van der Waals surface area contributed by atoms with Crippen LogP contribution in [0.25, 0.3) is 10.8 Å². The van der Waals surface area contributed by atoms with Crippen molar-refractivity contribution in [3.05, 3.63) is 47.8 Å². The average Bonchev–Trinajstić information content (AvgIpc) is 2.15. The summed E-state index contributed by atoms with van der Waals surface area (Å²) in [7, 11) is 0. The van der Waals surface area contributed by atoms with Crippen molar-refractivity contribution in [1.29, 1.82) is 0 Å². The molecule has 0 N–H and O–H groups in total. The summed E-state index contributed by atoms with van der Waals surface area (Å²) in [5.74, 6) is -0.110. The van der Waals surface area contributed by atoms with E-state index in [1.54, 1.807) is 6.07 Å². The van der Waals surface area contributed by atoms with E-state index in [4.69, 9.17) is 0 Å². The van der Waals surface area contributed by atoms with E-state index in [1.807, 2.05) is 51.1 Å². The van der Waals surface area contributed by atoms with E-state index in [9.17, 15) is 4.39 Å². The standard InChI is InChI=1S/C14H15F/c1-14(2,3)13-11-7-5-4-6-10(11)8-9-12(13)15/h4-9H,1-3H3. The molecule has 0 bridgehead atoms. The molecule has 1 heteroatoms. The molecule has 2 rings (SSSR count). The van der Waals surface area contributed by atoms with Gasteiger partial charge in [0.1, 0.15) is 5.82 Å². The first-order chi connectivity index (χ1) is 7.00. The third-order valence-electron chi connectivity index (χ3n) is 2.63. The molecule has 0 unspecified atom stereocenters. The van der Waals surface area contributed by atoms with E-state index >= 15 is 0 Å². The Hall–Kier alpha value is -1.37. The van der Waals surface area contributed by atoms with Crippen molar-refractivity contribution in [1.82, 2.24) is 0 Å². The molecule has 0 saturated heterocycles. The number of benzene rings is 2. The minimum atomic E-state index is -0.162. The molecule has 0 heterocycles. The maximum Gasteiger partial charge on any atom is 0.127 e. The Morgan fingerprint density at radius 3 is 2.27 bits per heavy atom. The van der Waals surface area contributed by atoms with E-state index in [-0.39, 0.29) is 11.2 Å². The SMILES string of the molecule is CC(C)(C)c1c(F)ccc2ccccc12. The fraction of sp³-hybridized carbons (Fsp3) is 0.286. The van der Waals surface area contributed by atoms with Crippen molar-refractivity contribution in [2.45, 2.75) is 26.2 Å². The first-order valence-electron chi connectivity index (χ1n) is 5.18. The average molecular weight is 202 g/mol. The molecule has 0 aromatic heterocycles. The molecular formula is C14H15F. The van der Waals surface area contributed by atoms with Crippen LogP contribution in [0.5, 0.6) is 0 Å². The Morgan fingerprint density at radius 2 is 1.60 bits per heavy atom. The highest BCUT2D eigenvalue weighted by Crippen LogP contribution is 2.32. The van der Waals surface area contributed by atoms with Crippen LogP contribution in [-0.4, -0.2) is 0 Å². The van der Waals surface area contributed by atoms with E-state index < -0.39 is 0 Å². The van der Waals surface area contributed by atoms with Crippen LogP contribution >= 0.6 is 0 Å². The van der Waals surface area contributed by atoms with E-state index in [1.165, 1.54) is 0 Å². The Bertz CT molecular complexity index is 492. The lowest BCUT2D eigenvalue weighted by atomic mass is 9.83. The van der Waals surface area contributed by atoms with Crippen LogP contribution in [0, 0.1) is 5.82 Å². The van der Waals surface area contributed by atoms with Crippen LogP contribution in [0.15, 0.2) is 36.4 Å². The fourth-order valence-corrected chi connectivity index (χ4v) is 2.01. The van der Waals surface area contributed by atoms with Crippen LogP contribution in [0.1, 0.15) is 26.3 Å². The molecule has 2 aromatic carbocycles. The van der Waals surface area contributed by atoms with Crippen molar-refractivity contribution >= 4 is 10.8 Å². The molecule has 0 nitrogen and oxygen atoms in total. The first-order valence-corrected chi connectivity index (χ1v) is 5.18. The van der Waals surface area contributed by atoms with Gasteiger partial charge >= 0.3 is 0 Å².